The first-order chi connectivity index (χ1) is 52.5. The number of aromatic carboxylic acids is 1. The lowest BCUT2D eigenvalue weighted by atomic mass is 9.89. The zero-order chi connectivity index (χ0) is 76.8. The van der Waals surface area contributed by atoms with Gasteiger partial charge in [-0.15, -0.1) is 0 Å². The number of ether oxygens (including phenoxy) is 2. The molecule has 1 aromatic heterocycles. The third kappa shape index (κ3) is 28.7. The normalized spacial score (nSPS) is 16.0. The van der Waals surface area contributed by atoms with Crippen molar-refractivity contribution in [3.05, 3.63) is 270 Å². The molecule has 5 fully saturated rings. The number of nitrogens with two attached hydrogens (primary N) is 1. The quantitative estimate of drug-likeness (QED) is 0.0535. The zero-order valence-corrected chi connectivity index (χ0v) is 63.5. The van der Waals surface area contributed by atoms with Gasteiger partial charge in [-0.25, -0.2) is 19.5 Å². The molecule has 0 bridgehead atoms. The molecule has 5 saturated heterocycles. The van der Waals surface area contributed by atoms with Crippen LogP contribution in [0.2, 0.25) is 0 Å². The summed E-state index contributed by atoms with van der Waals surface area (Å²) in [5.41, 5.74) is 15.8. The molecule has 0 amide bonds. The number of alkyl halides is 1. The number of nitriles is 3. The Hall–Kier alpha value is -9.96. The van der Waals surface area contributed by atoms with Crippen LogP contribution in [0, 0.1) is 59.0 Å². The number of pyridine rings is 1. The number of halogens is 3. The monoisotopic (exact) mass is 1570 g/mol. The van der Waals surface area contributed by atoms with E-state index in [1.807, 2.05) is 133 Å². The van der Waals surface area contributed by atoms with Crippen LogP contribution in [0.4, 0.5) is 21.5 Å². The molecule has 0 saturated carbocycles. The predicted octanol–water partition coefficient (Wildman–Crippen LogP) is 17.4. The molecule has 0 spiro atoms. The lowest BCUT2D eigenvalue weighted by molar-refractivity contribution is 0.0689. The molecular weight excluding hydrogens is 1480 g/mol. The third-order valence-electron chi connectivity index (χ3n) is 19.4. The van der Waals surface area contributed by atoms with Crippen LogP contribution in [0.3, 0.4) is 0 Å². The van der Waals surface area contributed by atoms with E-state index >= 15 is 0 Å². The molecule has 7 aromatic carbocycles. The Morgan fingerprint density at radius 3 is 1.25 bits per heavy atom. The Bertz CT molecular complexity index is 4270. The van der Waals surface area contributed by atoms with E-state index in [0.29, 0.717) is 59.3 Å². The van der Waals surface area contributed by atoms with Gasteiger partial charge in [0.25, 0.3) is 0 Å². The van der Waals surface area contributed by atoms with E-state index in [0.717, 1.165) is 192 Å². The lowest BCUT2D eigenvalue weighted by Crippen LogP contribution is -2.39. The number of likely N-dealkylation sites (tertiary alicyclic amines) is 3. The second kappa shape index (κ2) is 44.9. The largest absolute Gasteiger partial charge is 0.490 e. The number of carboxylic acids is 1. The van der Waals surface area contributed by atoms with Gasteiger partial charge in [-0.2, -0.15) is 15.8 Å². The van der Waals surface area contributed by atoms with Crippen molar-refractivity contribution in [1.29, 1.82) is 15.8 Å². The second-order valence-corrected chi connectivity index (χ2v) is 28.9. The third-order valence-corrected chi connectivity index (χ3v) is 20.4. The van der Waals surface area contributed by atoms with Crippen molar-refractivity contribution in [2.24, 2.45) is 17.6 Å². The number of nitrogens with one attached hydrogen (secondary N) is 1. The Kier molecular flexibility index (Phi) is 34.0. The van der Waals surface area contributed by atoms with Crippen LogP contribution in [0.25, 0.3) is 9.69 Å². The Morgan fingerprint density at radius 1 is 0.533 bits per heavy atom. The summed E-state index contributed by atoms with van der Waals surface area (Å²) in [6, 6.07) is 63.8. The molecule has 554 valence electrons. The molecule has 107 heavy (non-hydrogen) atoms. The number of benzene rings is 7. The molecule has 8 aromatic rings. The van der Waals surface area contributed by atoms with Gasteiger partial charge in [-0.05, 0) is 257 Å². The maximum Gasteiger partial charge on any atom is 0.354 e. The summed E-state index contributed by atoms with van der Waals surface area (Å²) in [6.45, 7) is 26.8. The molecule has 5 aliphatic heterocycles. The van der Waals surface area contributed by atoms with Crippen molar-refractivity contribution < 1.29 is 34.7 Å². The fourth-order valence-corrected chi connectivity index (χ4v) is 13.6. The molecule has 13 rings (SSSR count). The predicted molar refractivity (Wildman–Crippen MR) is 424 cm³/mol. The van der Waals surface area contributed by atoms with Crippen LogP contribution in [0.5, 0.6) is 11.5 Å². The molecule has 0 aliphatic carbocycles. The summed E-state index contributed by atoms with van der Waals surface area (Å²) < 4.78 is 29.2. The highest BCUT2D eigenvalue weighted by molar-refractivity contribution is 9.10. The lowest BCUT2D eigenvalue weighted by Gasteiger charge is -2.34. The number of anilines is 1. The summed E-state index contributed by atoms with van der Waals surface area (Å²) in [5.74, 6) is 2.09. The highest BCUT2D eigenvalue weighted by Crippen LogP contribution is 2.30. The van der Waals surface area contributed by atoms with Gasteiger partial charge in [0.15, 0.2) is 22.9 Å². The summed E-state index contributed by atoms with van der Waals surface area (Å²) in [5, 5.41) is 38.2. The number of carboxylic acid groups (broad SMARTS) is 1. The topological polar surface area (TPSA) is 234 Å². The maximum absolute atomic E-state index is 13.0. The number of aromatic nitrogens is 1. The number of carbonyl (C=O) groups excluding carboxylic acids is 2. The number of hydrogen-bond donors (Lipinski definition) is 3. The Morgan fingerprint density at radius 2 is 0.897 bits per heavy atom. The van der Waals surface area contributed by atoms with Gasteiger partial charge in [0.2, 0.25) is 0 Å². The fourth-order valence-electron chi connectivity index (χ4n) is 13.1. The molecule has 4 N–H and O–H groups in total. The fraction of sp³-hybridized carbons (Fsp3) is 0.360. The average Bonchev–Trinajstić information content (AvgIpc) is 0.849. The number of rotatable bonds is 18. The van der Waals surface area contributed by atoms with E-state index in [-0.39, 0.29) is 23.4 Å². The smallest absolute Gasteiger partial charge is 0.354 e. The van der Waals surface area contributed by atoms with E-state index in [1.54, 1.807) is 30.3 Å². The van der Waals surface area contributed by atoms with Crippen LogP contribution in [0.15, 0.2) is 197 Å². The van der Waals surface area contributed by atoms with Crippen LogP contribution in [-0.4, -0.2) is 133 Å². The van der Waals surface area contributed by atoms with Crippen molar-refractivity contribution in [2.75, 3.05) is 77.5 Å². The molecule has 5 aliphatic rings. The summed E-state index contributed by atoms with van der Waals surface area (Å²) in [6.07, 6.45) is 13.6. The minimum absolute atomic E-state index is 0.0585. The first-order valence-electron chi connectivity index (χ1n) is 37.0. The number of ketones is 2. The van der Waals surface area contributed by atoms with Gasteiger partial charge in [-0.1, -0.05) is 88.7 Å². The number of piperidine rings is 5. The zero-order valence-electron chi connectivity index (χ0n) is 61.3. The highest BCUT2D eigenvalue weighted by Gasteiger charge is 2.26. The van der Waals surface area contributed by atoms with Gasteiger partial charge in [-0.3, -0.25) is 28.7 Å². The molecule has 0 unspecified atom stereocenters. The number of carbonyl (C=O) groups is 3. The Labute approximate surface area is 647 Å². The van der Waals surface area contributed by atoms with E-state index in [2.05, 4.69) is 102 Å². The van der Waals surface area contributed by atoms with Crippen molar-refractivity contribution in [3.63, 3.8) is 0 Å². The number of nitrogens with zero attached hydrogens (tertiary/aromatic N) is 10. The van der Waals surface area contributed by atoms with E-state index in [4.69, 9.17) is 50.6 Å². The van der Waals surface area contributed by atoms with Crippen LogP contribution in [-0.2, 0) is 19.6 Å². The minimum atomic E-state index is -1.01. The SMILES string of the molecule is N#Cc1ccc(CN2CCC(CC(=O)c3ccc(Br)cc3)CC2)cc1.N#Cc1ccc(CN2CCC(N)CC2)cc1.O=C(O)c1ccc(Br)cn1.[2H]CF.[C-]#[N+]c1ccc(OC2CCN(c3ccc(C(=O)CC4CCN(Cc5ccc(C#N)cc5)CC4)cc3)CC2)cc1.[C-]#[N+]c1ccc(OC2CCNCC2)cc1. The molecular formula is C86H93Br2FN12O6. The standard InChI is InChI=1S/C33H34N4O2.C21H21BrN2O.C13H17N3.C12H14N2O.C6H4BrNO2.CH3F/c1-35-29-8-12-31(13-9-29)39-32-16-20-37(21-17-32)30-10-6-28(7-11-30)33(38)22-25-14-18-36(19-15-25)24-27-4-2-26(23-34)3-5-27;22-20-7-5-19(6-8-20)21(25)13-16-9-11-24(12-10-16)15-18-3-1-17(14-23)2-4-18;14-9-11-1-3-12(4-2-11)10-16-7-5-13(15)6-8-16;1-13-10-2-4-11(5-3-10)15-12-6-8-14-9-7-12;7-4-1-2-5(6(9)10)8-3-4;1-2/h2-13,25,32H,14-22,24H2;1-8,16H,9-13,15H2;1-4,13H,5-8,10,15H2;2-5,12,14H,6-9H2;1-3H,(H,9,10);1H3/i;;;;;1D. The van der Waals surface area contributed by atoms with Crippen molar-refractivity contribution in [1.82, 2.24) is 25.0 Å². The van der Waals surface area contributed by atoms with Crippen molar-refractivity contribution in [2.45, 2.75) is 115 Å². The summed E-state index contributed by atoms with van der Waals surface area (Å²) in [7, 11) is -1.00. The first kappa shape index (κ1) is 81.1. The molecule has 0 atom stereocenters. The minimum Gasteiger partial charge on any atom is -0.490 e. The highest BCUT2D eigenvalue weighted by atomic mass is 79.9. The molecule has 18 nitrogen and oxygen atoms in total. The number of Topliss-reactive ketones (excluding diaryl/α,β-unsaturated/α-hetero) is 2. The average molecular weight is 1570 g/mol. The second-order valence-electron chi connectivity index (χ2n) is 27.0. The summed E-state index contributed by atoms with van der Waals surface area (Å²) in [4.78, 5) is 55.7. The van der Waals surface area contributed by atoms with Gasteiger partial charge in [0.05, 0.1) is 56.6 Å². The number of hydrogen-bond acceptors (Lipinski definition) is 15. The van der Waals surface area contributed by atoms with E-state index < -0.39 is 13.1 Å². The van der Waals surface area contributed by atoms with Gasteiger partial charge in [0.1, 0.15) is 29.4 Å². The van der Waals surface area contributed by atoms with E-state index in [9.17, 15) is 18.8 Å². The van der Waals surface area contributed by atoms with Crippen LogP contribution < -0.4 is 25.4 Å². The molecule has 0 radical (unpaired) electrons. The van der Waals surface area contributed by atoms with Crippen LogP contribution in [0.1, 0.15) is 143 Å². The van der Waals surface area contributed by atoms with Crippen molar-refractivity contribution >= 4 is 66.5 Å². The van der Waals surface area contributed by atoms with Gasteiger partial charge in [0, 0.05) is 96.4 Å². The molecule has 21 heteroatoms. The van der Waals surface area contributed by atoms with Crippen molar-refractivity contribution in [3.8, 4) is 29.7 Å². The Balaban J connectivity index is 0.000000182. The van der Waals surface area contributed by atoms with Crippen LogP contribution >= 0.6 is 31.9 Å². The van der Waals surface area contributed by atoms with Gasteiger partial charge < -0.3 is 30.5 Å². The summed E-state index contributed by atoms with van der Waals surface area (Å²) >= 11 is 6.54. The van der Waals surface area contributed by atoms with E-state index in [1.165, 1.54) is 29.0 Å². The van der Waals surface area contributed by atoms with Gasteiger partial charge >= 0.3 is 5.97 Å². The maximum atomic E-state index is 13.0. The first-order valence-corrected chi connectivity index (χ1v) is 37.9. The molecule has 6 heterocycles.